The molecule has 0 saturated carbocycles. The van der Waals surface area contributed by atoms with Crippen LogP contribution in [0, 0.1) is 12.7 Å². The zero-order valence-corrected chi connectivity index (χ0v) is 12.2. The van der Waals surface area contributed by atoms with Crippen LogP contribution in [0.3, 0.4) is 0 Å². The van der Waals surface area contributed by atoms with Gasteiger partial charge in [-0.2, -0.15) is 0 Å². The average molecular weight is 289 g/mol. The molecule has 2 rings (SSSR count). The lowest BCUT2D eigenvalue weighted by Crippen LogP contribution is -2.24. The van der Waals surface area contributed by atoms with E-state index in [1.54, 1.807) is 29.5 Å². The predicted molar refractivity (Wildman–Crippen MR) is 81.0 cm³/mol. The van der Waals surface area contributed by atoms with E-state index in [1.807, 2.05) is 26.0 Å². The summed E-state index contributed by atoms with van der Waals surface area (Å²) in [7, 11) is 0. The standard InChI is InChI=1S/C16H16FNOS/c1-11-3-8-15(20-11)9-10-16(19)18-12(2)13-4-6-14(17)7-5-13/h3-10,12H,1-2H3,(H,18,19)/b10-9+/t12-/m1/s1. The van der Waals surface area contributed by atoms with E-state index in [0.717, 1.165) is 10.4 Å². The molecular weight excluding hydrogens is 273 g/mol. The maximum Gasteiger partial charge on any atom is 0.244 e. The quantitative estimate of drug-likeness (QED) is 0.844. The Morgan fingerprint density at radius 2 is 1.95 bits per heavy atom. The van der Waals surface area contributed by atoms with Crippen molar-refractivity contribution in [2.24, 2.45) is 0 Å². The number of amides is 1. The van der Waals surface area contributed by atoms with Gasteiger partial charge in [0.25, 0.3) is 0 Å². The van der Waals surface area contributed by atoms with Gasteiger partial charge in [0.2, 0.25) is 5.91 Å². The van der Waals surface area contributed by atoms with Crippen molar-refractivity contribution < 1.29 is 9.18 Å². The molecule has 1 heterocycles. The molecule has 20 heavy (non-hydrogen) atoms. The lowest BCUT2D eigenvalue weighted by atomic mass is 10.1. The van der Waals surface area contributed by atoms with E-state index in [1.165, 1.54) is 23.1 Å². The third-order valence-electron chi connectivity index (χ3n) is 2.89. The number of carbonyl (C=O) groups is 1. The molecule has 0 unspecified atom stereocenters. The predicted octanol–water partition coefficient (Wildman–Crippen LogP) is 4.09. The van der Waals surface area contributed by atoms with Gasteiger partial charge in [0.1, 0.15) is 5.82 Å². The van der Waals surface area contributed by atoms with Crippen molar-refractivity contribution in [1.29, 1.82) is 0 Å². The van der Waals surface area contributed by atoms with Crippen LogP contribution in [0.5, 0.6) is 0 Å². The van der Waals surface area contributed by atoms with Gasteiger partial charge in [-0.05, 0) is 49.8 Å². The SMILES string of the molecule is Cc1ccc(/C=C/C(=O)N[C@H](C)c2ccc(F)cc2)s1. The molecule has 1 aromatic carbocycles. The fourth-order valence-corrected chi connectivity index (χ4v) is 2.58. The number of halogens is 1. The van der Waals surface area contributed by atoms with Gasteiger partial charge in [-0.15, -0.1) is 11.3 Å². The molecule has 2 aromatic rings. The Labute approximate surface area is 122 Å². The summed E-state index contributed by atoms with van der Waals surface area (Å²) in [5.41, 5.74) is 0.875. The Morgan fingerprint density at radius 1 is 1.25 bits per heavy atom. The molecule has 0 aliphatic carbocycles. The van der Waals surface area contributed by atoms with Crippen LogP contribution in [0.2, 0.25) is 0 Å². The zero-order valence-electron chi connectivity index (χ0n) is 11.4. The van der Waals surface area contributed by atoms with Crippen molar-refractivity contribution in [2.75, 3.05) is 0 Å². The summed E-state index contributed by atoms with van der Waals surface area (Å²) in [6.45, 7) is 3.90. The highest BCUT2D eigenvalue weighted by atomic mass is 32.1. The van der Waals surface area contributed by atoms with Gasteiger partial charge in [0.15, 0.2) is 0 Å². The highest BCUT2D eigenvalue weighted by Gasteiger charge is 2.07. The van der Waals surface area contributed by atoms with Gasteiger partial charge >= 0.3 is 0 Å². The van der Waals surface area contributed by atoms with Gasteiger partial charge in [-0.3, -0.25) is 4.79 Å². The second-order valence-corrected chi connectivity index (χ2v) is 5.88. The van der Waals surface area contributed by atoms with Crippen LogP contribution in [0.1, 0.15) is 28.3 Å². The topological polar surface area (TPSA) is 29.1 Å². The molecule has 0 aliphatic rings. The molecule has 1 N–H and O–H groups in total. The number of carbonyl (C=O) groups excluding carboxylic acids is 1. The lowest BCUT2D eigenvalue weighted by Gasteiger charge is -2.12. The molecule has 0 spiro atoms. The number of nitrogens with one attached hydrogen (secondary N) is 1. The molecule has 0 aliphatic heterocycles. The highest BCUT2D eigenvalue weighted by molar-refractivity contribution is 7.12. The third kappa shape index (κ3) is 4.03. The average Bonchev–Trinajstić information content (AvgIpc) is 2.83. The van der Waals surface area contributed by atoms with Crippen LogP contribution in [0.25, 0.3) is 6.08 Å². The Hall–Kier alpha value is -1.94. The first-order chi connectivity index (χ1) is 9.54. The Kier molecular flexibility index (Phi) is 4.69. The third-order valence-corrected chi connectivity index (χ3v) is 3.85. The number of thiophene rings is 1. The van der Waals surface area contributed by atoms with Crippen molar-refractivity contribution in [1.82, 2.24) is 5.32 Å². The largest absolute Gasteiger partial charge is 0.346 e. The minimum Gasteiger partial charge on any atom is -0.346 e. The summed E-state index contributed by atoms with van der Waals surface area (Å²) >= 11 is 1.64. The number of rotatable bonds is 4. The monoisotopic (exact) mass is 289 g/mol. The van der Waals surface area contributed by atoms with Crippen molar-refractivity contribution in [3.8, 4) is 0 Å². The van der Waals surface area contributed by atoms with Gasteiger partial charge in [-0.1, -0.05) is 12.1 Å². The van der Waals surface area contributed by atoms with Crippen molar-refractivity contribution >= 4 is 23.3 Å². The normalized spacial score (nSPS) is 12.6. The molecular formula is C16H16FNOS. The van der Waals surface area contributed by atoms with Gasteiger partial charge < -0.3 is 5.32 Å². The van der Waals surface area contributed by atoms with Gasteiger partial charge in [0.05, 0.1) is 6.04 Å². The number of hydrogen-bond donors (Lipinski definition) is 1. The van der Waals surface area contributed by atoms with Crippen molar-refractivity contribution in [3.05, 3.63) is 63.6 Å². The van der Waals surface area contributed by atoms with Crippen molar-refractivity contribution in [2.45, 2.75) is 19.9 Å². The second-order valence-electron chi connectivity index (χ2n) is 4.56. The van der Waals surface area contributed by atoms with E-state index < -0.39 is 0 Å². The molecule has 0 bridgehead atoms. The smallest absolute Gasteiger partial charge is 0.244 e. The molecule has 104 valence electrons. The van der Waals surface area contributed by atoms with Crippen LogP contribution < -0.4 is 5.32 Å². The summed E-state index contributed by atoms with van der Waals surface area (Å²) < 4.78 is 12.8. The van der Waals surface area contributed by atoms with E-state index in [2.05, 4.69) is 5.32 Å². The van der Waals surface area contributed by atoms with Crippen LogP contribution in [0.15, 0.2) is 42.5 Å². The zero-order chi connectivity index (χ0) is 14.5. The number of benzene rings is 1. The highest BCUT2D eigenvalue weighted by Crippen LogP contribution is 2.16. The number of hydrogen-bond acceptors (Lipinski definition) is 2. The molecule has 0 fully saturated rings. The Morgan fingerprint density at radius 3 is 2.55 bits per heavy atom. The fraction of sp³-hybridized carbons (Fsp3) is 0.188. The first-order valence-electron chi connectivity index (χ1n) is 6.35. The number of aryl methyl sites for hydroxylation is 1. The summed E-state index contributed by atoms with van der Waals surface area (Å²) in [4.78, 5) is 14.1. The van der Waals surface area contributed by atoms with Crippen LogP contribution >= 0.6 is 11.3 Å². The van der Waals surface area contributed by atoms with E-state index >= 15 is 0 Å². The molecule has 1 aromatic heterocycles. The molecule has 1 atom stereocenters. The summed E-state index contributed by atoms with van der Waals surface area (Å²) in [6.07, 6.45) is 3.32. The van der Waals surface area contributed by atoms with Crippen molar-refractivity contribution in [3.63, 3.8) is 0 Å². The second kappa shape index (κ2) is 6.48. The molecule has 0 radical (unpaired) electrons. The molecule has 4 heteroatoms. The maximum atomic E-state index is 12.8. The molecule has 1 amide bonds. The van der Waals surface area contributed by atoms with E-state index in [9.17, 15) is 9.18 Å². The minimum absolute atomic E-state index is 0.155. The van der Waals surface area contributed by atoms with Crippen LogP contribution in [0.4, 0.5) is 4.39 Å². The van der Waals surface area contributed by atoms with E-state index in [-0.39, 0.29) is 17.8 Å². The van der Waals surface area contributed by atoms with Crippen LogP contribution in [-0.4, -0.2) is 5.91 Å². The van der Waals surface area contributed by atoms with E-state index in [4.69, 9.17) is 0 Å². The minimum atomic E-state index is -0.278. The summed E-state index contributed by atoms with van der Waals surface area (Å²) in [6, 6.07) is 9.97. The van der Waals surface area contributed by atoms with Crippen LogP contribution in [-0.2, 0) is 4.79 Å². The lowest BCUT2D eigenvalue weighted by molar-refractivity contribution is -0.117. The molecule has 2 nitrogen and oxygen atoms in total. The Balaban J connectivity index is 1.94. The van der Waals surface area contributed by atoms with E-state index in [0.29, 0.717) is 0 Å². The maximum absolute atomic E-state index is 12.8. The summed E-state index contributed by atoms with van der Waals surface area (Å²) in [5.74, 6) is -0.437. The van der Waals surface area contributed by atoms with Gasteiger partial charge in [0, 0.05) is 15.8 Å². The summed E-state index contributed by atoms with van der Waals surface area (Å²) in [5, 5.41) is 2.85. The first-order valence-corrected chi connectivity index (χ1v) is 7.17. The fourth-order valence-electron chi connectivity index (χ4n) is 1.80. The van der Waals surface area contributed by atoms with Gasteiger partial charge in [-0.25, -0.2) is 4.39 Å². The first kappa shape index (κ1) is 14.5. The Bertz CT molecular complexity index is 616. The molecule has 0 saturated heterocycles.